The van der Waals surface area contributed by atoms with Gasteiger partial charge in [0.25, 0.3) is 0 Å². The van der Waals surface area contributed by atoms with Gasteiger partial charge in [-0.05, 0) is 29.3 Å². The number of esters is 1. The van der Waals surface area contributed by atoms with Gasteiger partial charge in [-0.15, -0.1) is 0 Å². The van der Waals surface area contributed by atoms with Crippen LogP contribution in [0.4, 0.5) is 5.69 Å². The number of hydrogen-bond acceptors (Lipinski definition) is 3. The van der Waals surface area contributed by atoms with Crippen molar-refractivity contribution in [2.45, 2.75) is 6.42 Å². The van der Waals surface area contributed by atoms with Crippen LogP contribution in [0.3, 0.4) is 0 Å². The Bertz CT molecular complexity index is 643. The van der Waals surface area contributed by atoms with Gasteiger partial charge < -0.3 is 10.5 Å². The van der Waals surface area contributed by atoms with E-state index in [0.717, 1.165) is 16.8 Å². The number of hydrogen-bond donors (Lipinski definition) is 1. The van der Waals surface area contributed by atoms with Gasteiger partial charge in [-0.25, -0.2) is 0 Å². The Morgan fingerprint density at radius 3 is 2.27 bits per heavy atom. The molecule has 0 spiro atoms. The molecule has 0 aliphatic carbocycles. The van der Waals surface area contributed by atoms with Gasteiger partial charge in [0.2, 0.25) is 0 Å². The van der Waals surface area contributed by atoms with Crippen LogP contribution in [0.5, 0.6) is 0 Å². The number of ether oxygens (including phenoxy) is 1. The number of rotatable bonds is 6. The average molecular weight is 293 g/mol. The third kappa shape index (κ3) is 5.67. The molecule has 0 amide bonds. The van der Waals surface area contributed by atoms with Crippen molar-refractivity contribution in [3.63, 3.8) is 0 Å². The summed E-state index contributed by atoms with van der Waals surface area (Å²) in [5, 5.41) is 0. The van der Waals surface area contributed by atoms with Gasteiger partial charge in [0.1, 0.15) is 6.61 Å². The first-order valence-corrected chi connectivity index (χ1v) is 7.13. The fourth-order valence-electron chi connectivity index (χ4n) is 1.85. The van der Waals surface area contributed by atoms with E-state index in [1.807, 2.05) is 72.8 Å². The fourth-order valence-corrected chi connectivity index (χ4v) is 1.85. The Morgan fingerprint density at radius 1 is 0.909 bits per heavy atom. The summed E-state index contributed by atoms with van der Waals surface area (Å²) in [6.07, 6.45) is 7.67. The minimum Gasteiger partial charge on any atom is -0.461 e. The van der Waals surface area contributed by atoms with E-state index in [0.29, 0.717) is 0 Å². The first-order chi connectivity index (χ1) is 10.7. The van der Waals surface area contributed by atoms with Gasteiger partial charge in [0.05, 0.1) is 6.42 Å². The maximum atomic E-state index is 11.6. The molecule has 2 aromatic rings. The second kappa shape index (κ2) is 8.47. The van der Waals surface area contributed by atoms with Gasteiger partial charge in [-0.1, -0.05) is 60.7 Å². The predicted octanol–water partition coefficient (Wildman–Crippen LogP) is 3.93. The van der Waals surface area contributed by atoms with E-state index in [9.17, 15) is 4.79 Å². The highest BCUT2D eigenvalue weighted by molar-refractivity contribution is 5.73. The van der Waals surface area contributed by atoms with Crippen LogP contribution >= 0.6 is 0 Å². The lowest BCUT2D eigenvalue weighted by atomic mass is 10.2. The molecular formula is C19H19NO2. The summed E-state index contributed by atoms with van der Waals surface area (Å²) in [6.45, 7) is 0.281. The molecule has 3 heteroatoms. The molecule has 0 aromatic heterocycles. The van der Waals surface area contributed by atoms with Gasteiger partial charge in [0.15, 0.2) is 0 Å². The number of anilines is 1. The zero-order valence-electron chi connectivity index (χ0n) is 12.3. The van der Waals surface area contributed by atoms with E-state index in [1.165, 1.54) is 0 Å². The highest BCUT2D eigenvalue weighted by Crippen LogP contribution is 2.07. The van der Waals surface area contributed by atoms with E-state index < -0.39 is 0 Å². The van der Waals surface area contributed by atoms with Crippen molar-refractivity contribution in [1.29, 1.82) is 0 Å². The molecule has 2 aromatic carbocycles. The molecule has 112 valence electrons. The van der Waals surface area contributed by atoms with Crippen molar-refractivity contribution in [3.8, 4) is 0 Å². The van der Waals surface area contributed by atoms with Crippen molar-refractivity contribution in [3.05, 3.63) is 77.9 Å². The standard InChI is InChI=1S/C19H19NO2/c20-18-13-11-17(12-14-18)8-4-10-19(21)22-15-5-9-16-6-2-1-3-7-16/h1-9,11-14H,10,15,20H2/b8-4+,9-5+. The zero-order valence-corrected chi connectivity index (χ0v) is 12.3. The van der Waals surface area contributed by atoms with Crippen LogP contribution in [-0.2, 0) is 9.53 Å². The molecule has 0 saturated heterocycles. The van der Waals surface area contributed by atoms with Gasteiger partial charge in [-0.2, -0.15) is 0 Å². The Hall–Kier alpha value is -2.81. The lowest BCUT2D eigenvalue weighted by Crippen LogP contribution is -2.02. The second-order valence-electron chi connectivity index (χ2n) is 4.77. The van der Waals surface area contributed by atoms with Crippen molar-refractivity contribution >= 4 is 23.8 Å². The number of benzene rings is 2. The number of carbonyl (C=O) groups is 1. The molecule has 2 rings (SSSR count). The minimum atomic E-state index is -0.246. The summed E-state index contributed by atoms with van der Waals surface area (Å²) >= 11 is 0. The van der Waals surface area contributed by atoms with Gasteiger partial charge in [0, 0.05) is 5.69 Å². The molecule has 22 heavy (non-hydrogen) atoms. The lowest BCUT2D eigenvalue weighted by Gasteiger charge is -1.99. The zero-order chi connectivity index (χ0) is 15.6. The summed E-state index contributed by atoms with van der Waals surface area (Å²) in [7, 11) is 0. The largest absolute Gasteiger partial charge is 0.461 e. The summed E-state index contributed by atoms with van der Waals surface area (Å²) in [5.41, 5.74) is 8.42. The summed E-state index contributed by atoms with van der Waals surface area (Å²) in [6, 6.07) is 17.3. The van der Waals surface area contributed by atoms with Crippen LogP contribution in [0.1, 0.15) is 17.5 Å². The monoisotopic (exact) mass is 293 g/mol. The topological polar surface area (TPSA) is 52.3 Å². The molecule has 0 aliphatic heterocycles. The third-order valence-corrected chi connectivity index (χ3v) is 2.98. The molecule has 0 atom stereocenters. The Kier molecular flexibility index (Phi) is 6.00. The normalized spacial score (nSPS) is 11.1. The quantitative estimate of drug-likeness (QED) is 0.648. The molecule has 0 bridgehead atoms. The average Bonchev–Trinajstić information content (AvgIpc) is 2.54. The number of nitrogens with two attached hydrogens (primary N) is 1. The van der Waals surface area contributed by atoms with Crippen LogP contribution in [-0.4, -0.2) is 12.6 Å². The second-order valence-corrected chi connectivity index (χ2v) is 4.77. The third-order valence-electron chi connectivity index (χ3n) is 2.98. The van der Waals surface area contributed by atoms with Crippen LogP contribution in [0, 0.1) is 0 Å². The molecule has 0 unspecified atom stereocenters. The summed E-state index contributed by atoms with van der Waals surface area (Å²) in [5.74, 6) is -0.246. The lowest BCUT2D eigenvalue weighted by molar-refractivity contribution is -0.141. The van der Waals surface area contributed by atoms with Crippen molar-refractivity contribution in [2.75, 3.05) is 12.3 Å². The summed E-state index contributed by atoms with van der Waals surface area (Å²) in [4.78, 5) is 11.6. The maximum Gasteiger partial charge on any atom is 0.309 e. The Labute approximate surface area is 130 Å². The van der Waals surface area contributed by atoms with Crippen LogP contribution in [0.2, 0.25) is 0 Å². The molecule has 0 fully saturated rings. The maximum absolute atomic E-state index is 11.6. The van der Waals surface area contributed by atoms with E-state index in [4.69, 9.17) is 10.5 Å². The number of nitrogen functional groups attached to an aromatic ring is 1. The van der Waals surface area contributed by atoms with Gasteiger partial charge in [-0.3, -0.25) is 4.79 Å². The van der Waals surface area contributed by atoms with Crippen molar-refractivity contribution < 1.29 is 9.53 Å². The molecule has 0 radical (unpaired) electrons. The SMILES string of the molecule is Nc1ccc(/C=C/CC(=O)OC/C=C/c2ccccc2)cc1. The highest BCUT2D eigenvalue weighted by atomic mass is 16.5. The summed E-state index contributed by atoms with van der Waals surface area (Å²) < 4.78 is 5.12. The van der Waals surface area contributed by atoms with E-state index in [-0.39, 0.29) is 19.0 Å². The first kappa shape index (κ1) is 15.6. The minimum absolute atomic E-state index is 0.246. The van der Waals surface area contributed by atoms with Crippen LogP contribution in [0.15, 0.2) is 66.7 Å². The van der Waals surface area contributed by atoms with Crippen molar-refractivity contribution in [2.24, 2.45) is 0 Å². The number of carbonyl (C=O) groups excluding carboxylic acids is 1. The molecular weight excluding hydrogens is 274 g/mol. The Morgan fingerprint density at radius 2 is 1.55 bits per heavy atom. The predicted molar refractivity (Wildman–Crippen MR) is 90.9 cm³/mol. The van der Waals surface area contributed by atoms with E-state index >= 15 is 0 Å². The van der Waals surface area contributed by atoms with Crippen LogP contribution in [0.25, 0.3) is 12.2 Å². The molecule has 3 nitrogen and oxygen atoms in total. The highest BCUT2D eigenvalue weighted by Gasteiger charge is 1.97. The van der Waals surface area contributed by atoms with Crippen molar-refractivity contribution in [1.82, 2.24) is 0 Å². The smallest absolute Gasteiger partial charge is 0.309 e. The molecule has 2 N–H and O–H groups in total. The van der Waals surface area contributed by atoms with Gasteiger partial charge >= 0.3 is 5.97 Å². The molecule has 0 saturated carbocycles. The molecule has 0 heterocycles. The molecule has 0 aliphatic rings. The van der Waals surface area contributed by atoms with Crippen LogP contribution < -0.4 is 5.73 Å². The fraction of sp³-hybridized carbons (Fsp3) is 0.105. The Balaban J connectivity index is 1.70. The first-order valence-electron chi connectivity index (χ1n) is 7.13. The van der Waals surface area contributed by atoms with E-state index in [1.54, 1.807) is 6.08 Å². The van der Waals surface area contributed by atoms with E-state index in [2.05, 4.69) is 0 Å².